The van der Waals surface area contributed by atoms with Crippen LogP contribution in [0.25, 0.3) is 16.7 Å². The summed E-state index contributed by atoms with van der Waals surface area (Å²) in [7, 11) is 0. The van der Waals surface area contributed by atoms with Crippen LogP contribution in [-0.2, 0) is 17.7 Å². The number of hydrogen-bond acceptors (Lipinski definition) is 4. The van der Waals surface area contributed by atoms with Crippen molar-refractivity contribution in [2.24, 2.45) is 0 Å². The molecule has 0 atom stereocenters. The number of aromatic nitrogens is 3. The highest BCUT2D eigenvalue weighted by Crippen LogP contribution is 2.28. The second-order valence-electron chi connectivity index (χ2n) is 8.05. The number of carbonyl (C=O) groups is 1. The lowest BCUT2D eigenvalue weighted by Gasteiger charge is -2.19. The van der Waals surface area contributed by atoms with Gasteiger partial charge in [-0.1, -0.05) is 15.9 Å². The van der Waals surface area contributed by atoms with Crippen molar-refractivity contribution in [3.8, 4) is 5.69 Å². The Bertz CT molecular complexity index is 1330. The molecule has 0 saturated heterocycles. The molecule has 7 nitrogen and oxygen atoms in total. The van der Waals surface area contributed by atoms with E-state index < -0.39 is 40.1 Å². The number of aryl methyl sites for hydroxylation is 1. The molecule has 0 bridgehead atoms. The lowest BCUT2D eigenvalue weighted by Crippen LogP contribution is -2.34. The van der Waals surface area contributed by atoms with E-state index in [9.17, 15) is 18.8 Å². The summed E-state index contributed by atoms with van der Waals surface area (Å²) in [6.07, 6.45) is -0.114. The average molecular weight is 482 g/mol. The molecule has 1 aliphatic heterocycles. The van der Waals surface area contributed by atoms with Gasteiger partial charge in [0, 0.05) is 16.7 Å². The van der Waals surface area contributed by atoms with E-state index in [1.807, 2.05) is 0 Å². The van der Waals surface area contributed by atoms with Crippen molar-refractivity contribution in [1.82, 2.24) is 13.7 Å². The third kappa shape index (κ3) is 3.10. The maximum Gasteiger partial charge on any atom is 0.423 e. The molecule has 0 amide bonds. The average Bonchev–Trinajstić information content (AvgIpc) is 3.21. The fourth-order valence-corrected chi connectivity index (χ4v) is 4.03. The molecule has 0 unspecified atom stereocenters. The maximum atomic E-state index is 15.2. The lowest BCUT2D eigenvalue weighted by atomic mass is 10.2. The van der Waals surface area contributed by atoms with Gasteiger partial charge in [0.25, 0.3) is 5.56 Å². The summed E-state index contributed by atoms with van der Waals surface area (Å²) in [5.41, 5.74) is -3.31. The zero-order valence-corrected chi connectivity index (χ0v) is 18.0. The molecule has 2 aromatic heterocycles. The highest BCUT2D eigenvalue weighted by molar-refractivity contribution is 9.10. The quantitative estimate of drug-likeness (QED) is 0.530. The van der Waals surface area contributed by atoms with Gasteiger partial charge in [-0.05, 0) is 51.8 Å². The van der Waals surface area contributed by atoms with Crippen molar-refractivity contribution in [3.63, 3.8) is 0 Å². The summed E-state index contributed by atoms with van der Waals surface area (Å²) >= 11 is 3.13. The molecule has 0 fully saturated rings. The number of imidazole rings is 1. The van der Waals surface area contributed by atoms with Crippen LogP contribution in [0.3, 0.4) is 0 Å². The Hall–Kier alpha value is -2.75. The van der Waals surface area contributed by atoms with Gasteiger partial charge in [0.15, 0.2) is 0 Å². The van der Waals surface area contributed by atoms with Crippen molar-refractivity contribution in [2.45, 2.75) is 45.8 Å². The van der Waals surface area contributed by atoms with Crippen LogP contribution in [0, 0.1) is 11.6 Å². The summed E-state index contributed by atoms with van der Waals surface area (Å²) in [6, 6.07) is 3.85. The van der Waals surface area contributed by atoms with Crippen molar-refractivity contribution in [2.75, 3.05) is 0 Å². The number of carbonyl (C=O) groups excluding carboxylic acids is 1. The van der Waals surface area contributed by atoms with Crippen molar-refractivity contribution in [3.05, 3.63) is 60.8 Å². The van der Waals surface area contributed by atoms with Gasteiger partial charge < -0.3 is 9.30 Å². The van der Waals surface area contributed by atoms with Gasteiger partial charge in [0.1, 0.15) is 22.5 Å². The van der Waals surface area contributed by atoms with E-state index in [2.05, 4.69) is 15.9 Å². The number of nitrogens with zero attached hydrogens (tertiary/aromatic N) is 3. The van der Waals surface area contributed by atoms with Gasteiger partial charge in [-0.2, -0.15) is 8.96 Å². The monoisotopic (exact) mass is 481 g/mol. The Morgan fingerprint density at radius 3 is 2.50 bits per heavy atom. The minimum atomic E-state index is -1.22. The fraction of sp³-hybridized carbons (Fsp3) is 0.350. The van der Waals surface area contributed by atoms with Gasteiger partial charge in [-0.3, -0.25) is 9.36 Å². The summed E-state index contributed by atoms with van der Waals surface area (Å²) in [5.74, 6) is -2.05. The Morgan fingerprint density at radius 2 is 1.87 bits per heavy atom. The normalized spacial score (nSPS) is 13.7. The first-order valence-electron chi connectivity index (χ1n) is 9.28. The fourth-order valence-electron chi connectivity index (χ4n) is 3.70. The van der Waals surface area contributed by atoms with Gasteiger partial charge >= 0.3 is 11.8 Å². The molecule has 0 N–H and O–H groups in total. The first-order chi connectivity index (χ1) is 14.0. The first-order valence-corrected chi connectivity index (χ1v) is 10.1. The second kappa shape index (κ2) is 6.90. The molecule has 4 rings (SSSR count). The topological polar surface area (TPSA) is 75.2 Å². The SMILES string of the molecule is CC(C)(C)OC(=O)n1c(=O)n(-c2ccc(Br)cc2F)c2c(F)c(=O)n3c(c21)CCC3. The number of hydrogen-bond donors (Lipinski definition) is 0. The van der Waals surface area contributed by atoms with Crippen LogP contribution in [0.15, 0.2) is 32.3 Å². The molecule has 0 spiro atoms. The Morgan fingerprint density at radius 1 is 1.17 bits per heavy atom. The number of pyridine rings is 1. The predicted molar refractivity (Wildman–Crippen MR) is 109 cm³/mol. The van der Waals surface area contributed by atoms with Gasteiger partial charge in [-0.25, -0.2) is 14.0 Å². The summed E-state index contributed by atoms with van der Waals surface area (Å²) in [6.45, 7) is 5.14. The van der Waals surface area contributed by atoms with Crippen LogP contribution >= 0.6 is 15.9 Å². The number of halogens is 3. The second-order valence-corrected chi connectivity index (χ2v) is 8.96. The van der Waals surface area contributed by atoms with E-state index in [0.717, 1.165) is 10.6 Å². The van der Waals surface area contributed by atoms with E-state index in [4.69, 9.17) is 4.74 Å². The molecule has 0 saturated carbocycles. The minimum Gasteiger partial charge on any atom is -0.443 e. The molecule has 1 aromatic carbocycles. The van der Waals surface area contributed by atoms with Crippen molar-refractivity contribution < 1.29 is 18.3 Å². The molecular formula is C20H18BrF2N3O4. The molecule has 10 heteroatoms. The third-order valence-corrected chi connectivity index (χ3v) is 5.31. The Labute approximate surface area is 177 Å². The first kappa shape index (κ1) is 20.5. The van der Waals surface area contributed by atoms with E-state index in [1.54, 1.807) is 20.8 Å². The maximum absolute atomic E-state index is 15.2. The summed E-state index contributed by atoms with van der Waals surface area (Å²) in [4.78, 5) is 38.7. The lowest BCUT2D eigenvalue weighted by molar-refractivity contribution is 0.0537. The summed E-state index contributed by atoms with van der Waals surface area (Å²) < 4.78 is 38.3. The molecule has 1 aliphatic rings. The van der Waals surface area contributed by atoms with Crippen LogP contribution < -0.4 is 11.2 Å². The molecule has 158 valence electrons. The van der Waals surface area contributed by atoms with Crippen LogP contribution in [0.1, 0.15) is 32.9 Å². The number of rotatable bonds is 1. The smallest absolute Gasteiger partial charge is 0.423 e. The molecule has 3 aromatic rings. The zero-order valence-electron chi connectivity index (χ0n) is 16.5. The van der Waals surface area contributed by atoms with Crippen molar-refractivity contribution >= 4 is 33.1 Å². The van der Waals surface area contributed by atoms with Crippen LogP contribution in [0.5, 0.6) is 0 Å². The summed E-state index contributed by atoms with van der Waals surface area (Å²) in [5, 5.41) is 0. The molecule has 30 heavy (non-hydrogen) atoms. The minimum absolute atomic E-state index is 0.0776. The standard InChI is InChI=1S/C20H18BrF2N3O4/c1-20(2,3)30-19(29)26-15-13-5-4-8-24(13)17(27)14(23)16(15)25(18(26)28)12-7-6-10(21)9-11(12)22/h6-7,9H,4-5,8H2,1-3H3. The van der Waals surface area contributed by atoms with Gasteiger partial charge in [0.05, 0.1) is 5.69 Å². The van der Waals surface area contributed by atoms with Crippen LogP contribution in [0.4, 0.5) is 13.6 Å². The Balaban J connectivity index is 2.18. The highest BCUT2D eigenvalue weighted by Gasteiger charge is 2.32. The largest absolute Gasteiger partial charge is 0.443 e. The van der Waals surface area contributed by atoms with Gasteiger partial charge in [-0.15, -0.1) is 0 Å². The van der Waals surface area contributed by atoms with E-state index >= 15 is 4.39 Å². The third-order valence-electron chi connectivity index (χ3n) is 4.82. The molecular weight excluding hydrogens is 464 g/mol. The zero-order chi connectivity index (χ0) is 22.0. The molecule has 0 aliphatic carbocycles. The highest BCUT2D eigenvalue weighted by atomic mass is 79.9. The van der Waals surface area contributed by atoms with Crippen molar-refractivity contribution in [1.29, 1.82) is 0 Å². The number of fused-ring (bicyclic) bond motifs is 3. The molecule has 0 radical (unpaired) electrons. The van der Waals surface area contributed by atoms with Gasteiger partial charge in [0.2, 0.25) is 5.82 Å². The van der Waals surface area contributed by atoms with Crippen LogP contribution in [0.2, 0.25) is 0 Å². The van der Waals surface area contributed by atoms with E-state index in [-0.39, 0.29) is 17.7 Å². The number of benzene rings is 1. The Kier molecular flexibility index (Phi) is 4.72. The molecule has 3 heterocycles. The van der Waals surface area contributed by atoms with E-state index in [0.29, 0.717) is 27.6 Å². The number of ether oxygens (including phenoxy) is 1. The van der Waals surface area contributed by atoms with Crippen LogP contribution in [-0.4, -0.2) is 25.4 Å². The van der Waals surface area contributed by atoms with E-state index in [1.165, 1.54) is 16.7 Å². The predicted octanol–water partition coefficient (Wildman–Crippen LogP) is 3.72.